The molecule has 0 aromatic carbocycles. The van der Waals surface area contributed by atoms with E-state index in [0.29, 0.717) is 0 Å². The van der Waals surface area contributed by atoms with Gasteiger partial charge >= 0.3 is 0 Å². The molecule has 0 aromatic rings. The summed E-state index contributed by atoms with van der Waals surface area (Å²) in [7, 11) is 0. The second kappa shape index (κ2) is 3.12. The molecule has 0 spiro atoms. The molecule has 0 saturated heterocycles. The molecule has 12 heavy (non-hydrogen) atoms. The number of rotatable bonds is 0. The Bertz CT molecular complexity index is 243. The maximum atomic E-state index is 10.9. The maximum absolute atomic E-state index is 10.9. The zero-order valence-electron chi connectivity index (χ0n) is 6.76. The van der Waals surface area contributed by atoms with E-state index < -0.39 is 0 Å². The van der Waals surface area contributed by atoms with Crippen LogP contribution < -0.4 is 0 Å². The van der Waals surface area contributed by atoms with Crippen LogP contribution in [-0.4, -0.2) is 34.5 Å². The van der Waals surface area contributed by atoms with E-state index in [-0.39, 0.29) is 11.8 Å². The van der Waals surface area contributed by atoms with Gasteiger partial charge in [0.25, 0.3) is 0 Å². The van der Waals surface area contributed by atoms with Crippen molar-refractivity contribution >= 4 is 24.5 Å². The zero-order valence-corrected chi connectivity index (χ0v) is 6.76. The molecule has 64 valence electrons. The first-order valence-corrected chi connectivity index (χ1v) is 3.29. The maximum Gasteiger partial charge on any atom is 0.244 e. The quantitative estimate of drug-likeness (QED) is 0.493. The van der Waals surface area contributed by atoms with Gasteiger partial charge in [-0.25, -0.2) is 0 Å². The first kappa shape index (κ1) is 8.38. The van der Waals surface area contributed by atoms with Crippen molar-refractivity contribution in [3.05, 3.63) is 0 Å². The number of carbonyl (C=O) groups is 2. The molecule has 1 aliphatic heterocycles. The van der Waals surface area contributed by atoms with E-state index in [4.69, 9.17) is 0 Å². The Hall–Kier alpha value is -1.72. The number of hydrazine groups is 1. The fourth-order valence-electron chi connectivity index (χ4n) is 0.735. The fourth-order valence-corrected chi connectivity index (χ4v) is 0.735. The van der Waals surface area contributed by atoms with Gasteiger partial charge in [0, 0.05) is 13.8 Å². The summed E-state index contributed by atoms with van der Waals surface area (Å²) in [6.07, 6.45) is 2.37. The van der Waals surface area contributed by atoms with Crippen molar-refractivity contribution in [3.8, 4) is 0 Å². The number of nitrogens with zero attached hydrogens (tertiary/aromatic N) is 4. The minimum absolute atomic E-state index is 0.292. The lowest BCUT2D eigenvalue weighted by Gasteiger charge is -2.26. The lowest BCUT2D eigenvalue weighted by atomic mass is 10.6. The molecule has 1 aliphatic rings. The fraction of sp³-hybridized carbons (Fsp3) is 0.333. The molecule has 0 aromatic heterocycles. The average Bonchev–Trinajstić information content (AvgIpc) is 2.04. The Morgan fingerprint density at radius 2 is 1.33 bits per heavy atom. The van der Waals surface area contributed by atoms with Crippen molar-refractivity contribution in [2.75, 3.05) is 0 Å². The van der Waals surface area contributed by atoms with Crippen LogP contribution in [0.5, 0.6) is 0 Å². The SMILES string of the molecule is CC(=O)N1C=NN=CN1C(C)=O. The predicted molar refractivity (Wildman–Crippen MR) is 42.0 cm³/mol. The summed E-state index contributed by atoms with van der Waals surface area (Å²) in [5, 5.41) is 9.09. The number of hydrogen-bond acceptors (Lipinski definition) is 4. The molecule has 1 heterocycles. The highest BCUT2D eigenvalue weighted by Gasteiger charge is 2.19. The largest absolute Gasteiger partial charge is 0.273 e. The van der Waals surface area contributed by atoms with Crippen LogP contribution in [0.1, 0.15) is 13.8 Å². The number of amides is 2. The lowest BCUT2D eigenvalue weighted by Crippen LogP contribution is -2.47. The molecule has 2 amide bonds. The Kier molecular flexibility index (Phi) is 2.18. The molecule has 0 fully saturated rings. The monoisotopic (exact) mass is 168 g/mol. The second-order valence-corrected chi connectivity index (χ2v) is 2.19. The third kappa shape index (κ3) is 1.47. The molecule has 0 unspecified atom stereocenters. The molecule has 1 rings (SSSR count). The van der Waals surface area contributed by atoms with Crippen molar-refractivity contribution in [1.82, 2.24) is 10.0 Å². The predicted octanol–water partition coefficient (Wildman–Crippen LogP) is -0.416. The number of carbonyl (C=O) groups excluding carboxylic acids is 2. The lowest BCUT2D eigenvalue weighted by molar-refractivity contribution is -0.144. The molecule has 0 radical (unpaired) electrons. The van der Waals surface area contributed by atoms with E-state index in [0.717, 1.165) is 10.0 Å². The van der Waals surface area contributed by atoms with Gasteiger partial charge in [0.15, 0.2) is 0 Å². The third-order valence-corrected chi connectivity index (χ3v) is 1.27. The first-order valence-electron chi connectivity index (χ1n) is 3.29. The third-order valence-electron chi connectivity index (χ3n) is 1.27. The van der Waals surface area contributed by atoms with Gasteiger partial charge in [0.2, 0.25) is 11.8 Å². The van der Waals surface area contributed by atoms with E-state index in [1.807, 2.05) is 0 Å². The van der Waals surface area contributed by atoms with Gasteiger partial charge in [-0.15, -0.1) is 10.2 Å². The van der Waals surface area contributed by atoms with Crippen molar-refractivity contribution in [2.45, 2.75) is 13.8 Å². The minimum atomic E-state index is -0.292. The summed E-state index contributed by atoms with van der Waals surface area (Å²) in [4.78, 5) is 21.8. The molecule has 0 saturated carbocycles. The van der Waals surface area contributed by atoms with Gasteiger partial charge in [0.1, 0.15) is 12.7 Å². The minimum Gasteiger partial charge on any atom is -0.273 e. The molecule has 6 nitrogen and oxygen atoms in total. The van der Waals surface area contributed by atoms with Crippen LogP contribution >= 0.6 is 0 Å². The Balaban J connectivity index is 2.85. The van der Waals surface area contributed by atoms with Gasteiger partial charge in [-0.2, -0.15) is 10.0 Å². The Morgan fingerprint density at radius 3 is 1.58 bits per heavy atom. The van der Waals surface area contributed by atoms with Gasteiger partial charge in [0.05, 0.1) is 0 Å². The summed E-state index contributed by atoms with van der Waals surface area (Å²) in [6, 6.07) is 0. The van der Waals surface area contributed by atoms with E-state index in [1.165, 1.54) is 26.5 Å². The van der Waals surface area contributed by atoms with Crippen LogP contribution in [0.2, 0.25) is 0 Å². The van der Waals surface area contributed by atoms with Crippen molar-refractivity contribution in [1.29, 1.82) is 0 Å². The Labute approximate surface area is 69.1 Å². The van der Waals surface area contributed by atoms with E-state index in [9.17, 15) is 9.59 Å². The molecular weight excluding hydrogens is 160 g/mol. The van der Waals surface area contributed by atoms with Gasteiger partial charge in [-0.3, -0.25) is 9.59 Å². The smallest absolute Gasteiger partial charge is 0.244 e. The molecular formula is C6H8N4O2. The van der Waals surface area contributed by atoms with Crippen LogP contribution in [0.15, 0.2) is 10.2 Å². The van der Waals surface area contributed by atoms with Gasteiger partial charge in [-0.1, -0.05) is 0 Å². The zero-order chi connectivity index (χ0) is 9.14. The Morgan fingerprint density at radius 1 is 1.00 bits per heavy atom. The highest BCUT2D eigenvalue weighted by molar-refractivity contribution is 5.95. The highest BCUT2D eigenvalue weighted by Crippen LogP contribution is 1.98. The topological polar surface area (TPSA) is 65.3 Å². The van der Waals surface area contributed by atoms with Crippen LogP contribution in [0.25, 0.3) is 0 Å². The number of hydrogen-bond donors (Lipinski definition) is 0. The van der Waals surface area contributed by atoms with E-state index in [1.54, 1.807) is 0 Å². The van der Waals surface area contributed by atoms with E-state index in [2.05, 4.69) is 10.2 Å². The standard InChI is InChI=1S/C6H8N4O2/c1-5(11)9-3-7-8-4-10(9)6(2)12/h3-4H,1-2H3. The van der Waals surface area contributed by atoms with E-state index >= 15 is 0 Å². The van der Waals surface area contributed by atoms with Crippen LogP contribution in [0.3, 0.4) is 0 Å². The van der Waals surface area contributed by atoms with Crippen molar-refractivity contribution in [2.24, 2.45) is 10.2 Å². The van der Waals surface area contributed by atoms with Crippen molar-refractivity contribution in [3.63, 3.8) is 0 Å². The highest BCUT2D eigenvalue weighted by atomic mass is 16.2. The van der Waals surface area contributed by atoms with Crippen molar-refractivity contribution < 1.29 is 9.59 Å². The van der Waals surface area contributed by atoms with Crippen LogP contribution in [-0.2, 0) is 9.59 Å². The summed E-state index contributed by atoms with van der Waals surface area (Å²) >= 11 is 0. The van der Waals surface area contributed by atoms with Gasteiger partial charge in [-0.05, 0) is 0 Å². The molecule has 0 N–H and O–H groups in total. The average molecular weight is 168 g/mol. The molecule has 0 bridgehead atoms. The molecule has 6 heteroatoms. The molecule has 0 aliphatic carbocycles. The summed E-state index contributed by atoms with van der Waals surface area (Å²) in [6.45, 7) is 2.67. The summed E-state index contributed by atoms with van der Waals surface area (Å²) in [5.74, 6) is -0.583. The first-order chi connectivity index (χ1) is 5.63. The van der Waals surface area contributed by atoms with Crippen LogP contribution in [0, 0.1) is 0 Å². The van der Waals surface area contributed by atoms with Gasteiger partial charge < -0.3 is 0 Å². The second-order valence-electron chi connectivity index (χ2n) is 2.19. The van der Waals surface area contributed by atoms with Crippen LogP contribution in [0.4, 0.5) is 0 Å². The molecule has 0 atom stereocenters. The summed E-state index contributed by atoms with van der Waals surface area (Å²) < 4.78 is 0. The summed E-state index contributed by atoms with van der Waals surface area (Å²) in [5.41, 5.74) is 0. The normalized spacial score (nSPS) is 15.2.